The normalized spacial score (nSPS) is 11.5. The molecule has 0 aliphatic carbocycles. The standard InChI is InChI=1S/C17H12Cl2N2O4S/c1-25-17(22)15-7-4-12(19)8-16(15)21-10-14(9-20)26(23,24)13-5-2-11(18)3-6-13/h2-8,10,21H,1H3/b14-10+. The molecule has 0 aliphatic heterocycles. The molecule has 0 saturated heterocycles. The van der Waals surface area contributed by atoms with Gasteiger partial charge in [-0.25, -0.2) is 13.2 Å². The Bertz CT molecular complexity index is 1010. The molecule has 0 aliphatic rings. The van der Waals surface area contributed by atoms with Crippen LogP contribution in [-0.4, -0.2) is 21.5 Å². The van der Waals surface area contributed by atoms with Crippen LogP contribution in [0.15, 0.2) is 58.5 Å². The lowest BCUT2D eigenvalue weighted by Gasteiger charge is -2.09. The highest BCUT2D eigenvalue weighted by Gasteiger charge is 2.21. The van der Waals surface area contributed by atoms with Gasteiger partial charge in [-0.1, -0.05) is 23.2 Å². The molecule has 0 amide bonds. The largest absolute Gasteiger partial charge is 0.465 e. The summed E-state index contributed by atoms with van der Waals surface area (Å²) in [7, 11) is -2.85. The topological polar surface area (TPSA) is 96.3 Å². The van der Waals surface area contributed by atoms with E-state index in [0.29, 0.717) is 10.0 Å². The molecule has 2 aromatic carbocycles. The van der Waals surface area contributed by atoms with Crippen LogP contribution in [0, 0.1) is 11.3 Å². The number of benzene rings is 2. The minimum atomic E-state index is -4.06. The minimum absolute atomic E-state index is 0.0872. The van der Waals surface area contributed by atoms with Gasteiger partial charge < -0.3 is 10.1 Å². The van der Waals surface area contributed by atoms with Crippen LogP contribution in [-0.2, 0) is 14.6 Å². The van der Waals surface area contributed by atoms with Crippen LogP contribution in [0.5, 0.6) is 0 Å². The fourth-order valence-corrected chi connectivity index (χ4v) is 3.36. The van der Waals surface area contributed by atoms with Gasteiger partial charge in [-0.05, 0) is 42.5 Å². The van der Waals surface area contributed by atoms with Crippen molar-refractivity contribution < 1.29 is 17.9 Å². The molecule has 2 aromatic rings. The van der Waals surface area contributed by atoms with Gasteiger partial charge in [-0.2, -0.15) is 5.26 Å². The van der Waals surface area contributed by atoms with E-state index in [2.05, 4.69) is 10.1 Å². The molecule has 0 aromatic heterocycles. The summed E-state index contributed by atoms with van der Waals surface area (Å²) in [5.41, 5.74) is 0.331. The molecule has 0 atom stereocenters. The van der Waals surface area contributed by atoms with E-state index >= 15 is 0 Å². The molecule has 0 heterocycles. The van der Waals surface area contributed by atoms with E-state index in [4.69, 9.17) is 23.2 Å². The third-order valence-corrected chi connectivity index (χ3v) is 5.44. The molecule has 0 spiro atoms. The molecule has 0 bridgehead atoms. The first kappa shape index (κ1) is 19.8. The second kappa shape index (κ2) is 8.23. The van der Waals surface area contributed by atoms with E-state index in [1.54, 1.807) is 6.07 Å². The van der Waals surface area contributed by atoms with Gasteiger partial charge in [0.1, 0.15) is 6.07 Å². The number of allylic oxidation sites excluding steroid dienone is 1. The van der Waals surface area contributed by atoms with Crippen molar-refractivity contribution >= 4 is 44.7 Å². The zero-order valence-corrected chi connectivity index (χ0v) is 15.7. The maximum atomic E-state index is 12.5. The van der Waals surface area contributed by atoms with E-state index in [9.17, 15) is 18.5 Å². The van der Waals surface area contributed by atoms with E-state index < -0.39 is 20.7 Å². The monoisotopic (exact) mass is 410 g/mol. The Balaban J connectivity index is 2.42. The van der Waals surface area contributed by atoms with E-state index in [1.807, 2.05) is 0 Å². The summed E-state index contributed by atoms with van der Waals surface area (Å²) in [6.45, 7) is 0. The molecule has 1 N–H and O–H groups in total. The Morgan fingerprint density at radius 2 is 1.77 bits per heavy atom. The zero-order chi connectivity index (χ0) is 19.3. The highest BCUT2D eigenvalue weighted by atomic mass is 35.5. The van der Waals surface area contributed by atoms with Crippen LogP contribution in [0.4, 0.5) is 5.69 Å². The van der Waals surface area contributed by atoms with Crippen molar-refractivity contribution in [3.63, 3.8) is 0 Å². The SMILES string of the molecule is COC(=O)c1ccc(Cl)cc1N/C=C(\C#N)S(=O)(=O)c1ccc(Cl)cc1. The maximum Gasteiger partial charge on any atom is 0.339 e. The van der Waals surface area contributed by atoms with Crippen molar-refractivity contribution in [2.24, 2.45) is 0 Å². The number of carbonyl (C=O) groups excluding carboxylic acids is 1. The predicted octanol–water partition coefficient (Wildman–Crippen LogP) is 4.03. The molecule has 0 saturated carbocycles. The van der Waals surface area contributed by atoms with Crippen LogP contribution in [0.3, 0.4) is 0 Å². The average Bonchev–Trinajstić information content (AvgIpc) is 2.62. The van der Waals surface area contributed by atoms with Crippen LogP contribution in [0.1, 0.15) is 10.4 Å². The van der Waals surface area contributed by atoms with Crippen LogP contribution < -0.4 is 5.32 Å². The maximum absolute atomic E-state index is 12.5. The molecular formula is C17H12Cl2N2O4S. The number of ether oxygens (including phenoxy) is 1. The number of hydrogen-bond donors (Lipinski definition) is 1. The lowest BCUT2D eigenvalue weighted by atomic mass is 10.2. The van der Waals surface area contributed by atoms with Crippen LogP contribution >= 0.6 is 23.2 Å². The summed E-state index contributed by atoms with van der Waals surface area (Å²) >= 11 is 11.7. The Kier molecular flexibility index (Phi) is 6.27. The van der Waals surface area contributed by atoms with Gasteiger partial charge in [0.25, 0.3) is 0 Å². The van der Waals surface area contributed by atoms with Crippen molar-refractivity contribution in [2.75, 3.05) is 12.4 Å². The number of halogens is 2. The lowest BCUT2D eigenvalue weighted by molar-refractivity contribution is 0.0602. The van der Waals surface area contributed by atoms with Crippen molar-refractivity contribution in [3.8, 4) is 6.07 Å². The molecule has 6 nitrogen and oxygen atoms in total. The molecule has 9 heteroatoms. The third kappa shape index (κ3) is 4.35. The highest BCUT2D eigenvalue weighted by molar-refractivity contribution is 7.95. The van der Waals surface area contributed by atoms with Gasteiger partial charge in [-0.3, -0.25) is 0 Å². The van der Waals surface area contributed by atoms with Crippen LogP contribution in [0.2, 0.25) is 10.0 Å². The Morgan fingerprint density at radius 1 is 1.15 bits per heavy atom. The molecule has 0 unspecified atom stereocenters. The Labute approximate surface area is 160 Å². The number of esters is 1. The number of nitrogens with zero attached hydrogens (tertiary/aromatic N) is 1. The number of carbonyl (C=O) groups is 1. The van der Waals surface area contributed by atoms with E-state index in [-0.39, 0.29) is 16.1 Å². The van der Waals surface area contributed by atoms with Gasteiger partial charge in [0.05, 0.1) is 23.3 Å². The third-order valence-electron chi connectivity index (χ3n) is 3.27. The molecular weight excluding hydrogens is 399 g/mol. The molecule has 26 heavy (non-hydrogen) atoms. The summed E-state index contributed by atoms with van der Waals surface area (Å²) in [6, 6.07) is 11.3. The lowest BCUT2D eigenvalue weighted by Crippen LogP contribution is -2.08. The zero-order valence-electron chi connectivity index (χ0n) is 13.4. The first-order chi connectivity index (χ1) is 12.3. The average molecular weight is 411 g/mol. The smallest absolute Gasteiger partial charge is 0.339 e. The fourth-order valence-electron chi connectivity index (χ4n) is 1.98. The number of rotatable bonds is 5. The quantitative estimate of drug-likeness (QED) is 0.590. The first-order valence-electron chi connectivity index (χ1n) is 7.05. The summed E-state index contributed by atoms with van der Waals surface area (Å²) < 4.78 is 29.8. The molecule has 134 valence electrons. The summed E-state index contributed by atoms with van der Waals surface area (Å²) in [6.07, 6.45) is 0.988. The number of anilines is 1. The summed E-state index contributed by atoms with van der Waals surface area (Å²) in [4.78, 5) is 11.2. The van der Waals surface area contributed by atoms with Crippen molar-refractivity contribution in [2.45, 2.75) is 4.90 Å². The molecule has 0 fully saturated rings. The number of methoxy groups -OCH3 is 1. The number of hydrogen-bond acceptors (Lipinski definition) is 6. The number of sulfone groups is 1. The number of nitriles is 1. The summed E-state index contributed by atoms with van der Waals surface area (Å²) in [5.74, 6) is -0.642. The van der Waals surface area contributed by atoms with E-state index in [0.717, 1.165) is 6.20 Å². The second-order valence-electron chi connectivity index (χ2n) is 4.90. The highest BCUT2D eigenvalue weighted by Crippen LogP contribution is 2.24. The minimum Gasteiger partial charge on any atom is -0.465 e. The Morgan fingerprint density at radius 3 is 2.35 bits per heavy atom. The molecule has 0 radical (unpaired) electrons. The van der Waals surface area contributed by atoms with Gasteiger partial charge in [0.2, 0.25) is 9.84 Å². The number of nitrogens with one attached hydrogen (secondary N) is 1. The van der Waals surface area contributed by atoms with Crippen molar-refractivity contribution in [1.82, 2.24) is 0 Å². The van der Waals surface area contributed by atoms with Gasteiger partial charge in [0.15, 0.2) is 4.91 Å². The second-order valence-corrected chi connectivity index (χ2v) is 7.69. The predicted molar refractivity (Wildman–Crippen MR) is 98.7 cm³/mol. The summed E-state index contributed by atoms with van der Waals surface area (Å²) in [5, 5.41) is 12.6. The molecule has 2 rings (SSSR count). The van der Waals surface area contributed by atoms with E-state index in [1.165, 1.54) is 49.6 Å². The first-order valence-corrected chi connectivity index (χ1v) is 9.29. The van der Waals surface area contributed by atoms with Gasteiger partial charge >= 0.3 is 5.97 Å². The van der Waals surface area contributed by atoms with Gasteiger partial charge in [-0.15, -0.1) is 0 Å². The fraction of sp³-hybridized carbons (Fsp3) is 0.0588. The Hall–Kier alpha value is -2.53. The van der Waals surface area contributed by atoms with Gasteiger partial charge in [0, 0.05) is 16.2 Å². The van der Waals surface area contributed by atoms with Crippen LogP contribution in [0.25, 0.3) is 0 Å². The van der Waals surface area contributed by atoms with Crippen molar-refractivity contribution in [3.05, 3.63) is 69.2 Å². The van der Waals surface area contributed by atoms with Crippen molar-refractivity contribution in [1.29, 1.82) is 5.26 Å².